The zero-order chi connectivity index (χ0) is 41.7. The van der Waals surface area contributed by atoms with E-state index in [0.29, 0.717) is 0 Å². The zero-order valence-corrected chi connectivity index (χ0v) is 35.6. The number of aromatic nitrogens is 2. The van der Waals surface area contributed by atoms with Crippen LogP contribution in [0, 0.1) is 0 Å². The van der Waals surface area contributed by atoms with Gasteiger partial charge in [0.2, 0.25) is 0 Å². The van der Waals surface area contributed by atoms with Crippen LogP contribution in [0.25, 0.3) is 77.2 Å². The Bertz CT molecular complexity index is 3500. The van der Waals surface area contributed by atoms with Gasteiger partial charge in [-0.05, 0) is 67.8 Å². The predicted molar refractivity (Wildman–Crippen MR) is 270 cm³/mol. The highest BCUT2D eigenvalue weighted by molar-refractivity contribution is 7.20. The molecule has 12 aromatic rings. The van der Waals surface area contributed by atoms with E-state index in [1.807, 2.05) is 0 Å². The molecule has 0 spiro atoms. The van der Waals surface area contributed by atoms with Crippen LogP contribution in [-0.2, 0) is 0 Å². The largest absolute Gasteiger partial charge is 0.307 e. The third-order valence-electron chi connectivity index (χ3n) is 13.1. The lowest BCUT2D eigenvalue weighted by molar-refractivity contribution is 1.13. The van der Waals surface area contributed by atoms with Gasteiger partial charge in [0, 0.05) is 27.1 Å². The maximum atomic E-state index is 2.57. The second-order valence-corrected chi connectivity index (χ2v) is 20.2. The number of benzene rings is 10. The van der Waals surface area contributed by atoms with Gasteiger partial charge in [0.15, 0.2) is 8.07 Å². The van der Waals surface area contributed by atoms with Crippen LogP contribution in [0.5, 0.6) is 0 Å². The Hall–Kier alpha value is -7.98. The first-order valence-electron chi connectivity index (χ1n) is 21.8. The van der Waals surface area contributed by atoms with E-state index in [1.165, 1.54) is 86.6 Å². The van der Waals surface area contributed by atoms with Gasteiger partial charge < -0.3 is 9.13 Å². The molecule has 0 fully saturated rings. The summed E-state index contributed by atoms with van der Waals surface area (Å²) >= 11 is 0. The average Bonchev–Trinajstić information content (AvgIpc) is 3.89. The van der Waals surface area contributed by atoms with E-state index in [9.17, 15) is 0 Å². The van der Waals surface area contributed by atoms with Gasteiger partial charge in [0.1, 0.15) is 0 Å². The van der Waals surface area contributed by atoms with Gasteiger partial charge in [-0.1, -0.05) is 224 Å². The first kappa shape index (κ1) is 36.8. The molecular formula is C60H42N2Si. The summed E-state index contributed by atoms with van der Waals surface area (Å²) in [7, 11) is -2.87. The van der Waals surface area contributed by atoms with E-state index in [2.05, 4.69) is 264 Å². The minimum Gasteiger partial charge on any atom is -0.307 e. The molecule has 0 atom stereocenters. The fourth-order valence-electron chi connectivity index (χ4n) is 10.4. The van der Waals surface area contributed by atoms with Crippen LogP contribution in [-0.4, -0.2) is 17.2 Å². The molecule has 0 saturated carbocycles. The summed E-state index contributed by atoms with van der Waals surface area (Å²) in [6, 6.07) is 94.3. The predicted octanol–water partition coefficient (Wildman–Crippen LogP) is 12.6. The summed E-state index contributed by atoms with van der Waals surface area (Å²) < 4.78 is 5.09. The van der Waals surface area contributed by atoms with E-state index in [0.717, 1.165) is 11.4 Å². The van der Waals surface area contributed by atoms with Crippen molar-refractivity contribution in [2.75, 3.05) is 0 Å². The molecule has 0 aliphatic rings. The van der Waals surface area contributed by atoms with Crippen molar-refractivity contribution in [1.29, 1.82) is 0 Å². The number of rotatable bonds is 8. The molecule has 296 valence electrons. The number of nitrogens with zero attached hydrogens (tertiary/aromatic N) is 2. The summed E-state index contributed by atoms with van der Waals surface area (Å²) in [6.45, 7) is 0. The van der Waals surface area contributed by atoms with Gasteiger partial charge in [0.25, 0.3) is 0 Å². The molecule has 3 heteroatoms. The van der Waals surface area contributed by atoms with Crippen molar-refractivity contribution >= 4 is 72.4 Å². The zero-order valence-electron chi connectivity index (χ0n) is 34.6. The van der Waals surface area contributed by atoms with E-state index in [4.69, 9.17) is 0 Å². The topological polar surface area (TPSA) is 9.86 Å². The van der Waals surface area contributed by atoms with Crippen LogP contribution in [0.4, 0.5) is 0 Å². The van der Waals surface area contributed by atoms with Crippen molar-refractivity contribution in [3.63, 3.8) is 0 Å². The molecule has 2 nitrogen and oxygen atoms in total. The molecule has 63 heavy (non-hydrogen) atoms. The maximum absolute atomic E-state index is 2.87. The first-order valence-corrected chi connectivity index (χ1v) is 23.8. The van der Waals surface area contributed by atoms with Crippen molar-refractivity contribution in [3.8, 4) is 33.6 Å². The van der Waals surface area contributed by atoms with E-state index >= 15 is 0 Å². The highest BCUT2D eigenvalue weighted by Crippen LogP contribution is 2.43. The Morgan fingerprint density at radius 3 is 1.40 bits per heavy atom. The van der Waals surface area contributed by atoms with Gasteiger partial charge in [-0.15, -0.1) is 0 Å². The quantitative estimate of drug-likeness (QED) is 0.107. The molecule has 0 saturated heterocycles. The van der Waals surface area contributed by atoms with Gasteiger partial charge >= 0.3 is 0 Å². The molecule has 0 aliphatic carbocycles. The molecule has 12 rings (SSSR count). The lowest BCUT2D eigenvalue weighted by atomic mass is 9.99. The third-order valence-corrected chi connectivity index (χ3v) is 17.8. The third kappa shape index (κ3) is 5.78. The standard InChI is InChI=1S/C60H42N2Si/c1-6-22-43(23-7-1)49-32-16-18-36-54(49)62-55-37-19-17-33-51(55)52-35-21-39-57(60(52)62)61-56-38-20-34-50(44-24-8-2-9-25-44)59(56)53-41-40-48(42-58(53)61)63(45-26-10-3-11-27-45,46-28-12-4-13-29-46)47-30-14-5-15-31-47/h1-42H. The fraction of sp³-hybridized carbons (Fsp3) is 0. The van der Waals surface area contributed by atoms with Gasteiger partial charge in [0.05, 0.1) is 33.4 Å². The van der Waals surface area contributed by atoms with Crippen LogP contribution < -0.4 is 20.7 Å². The Labute approximate surface area is 368 Å². The molecule has 0 aliphatic heterocycles. The molecule has 2 heterocycles. The normalized spacial score (nSPS) is 11.8. The number of para-hydroxylation sites is 3. The fourth-order valence-corrected chi connectivity index (χ4v) is 15.2. The van der Waals surface area contributed by atoms with Crippen LogP contribution in [0.1, 0.15) is 0 Å². The lowest BCUT2D eigenvalue weighted by Crippen LogP contribution is -2.74. The second kappa shape index (κ2) is 15.2. The van der Waals surface area contributed by atoms with Gasteiger partial charge in [-0.2, -0.15) is 0 Å². The Balaban J connectivity index is 1.25. The van der Waals surface area contributed by atoms with Crippen LogP contribution in [0.3, 0.4) is 0 Å². The summed E-state index contributed by atoms with van der Waals surface area (Å²) in [5.74, 6) is 0. The van der Waals surface area contributed by atoms with Crippen molar-refractivity contribution in [1.82, 2.24) is 9.13 Å². The van der Waals surface area contributed by atoms with Gasteiger partial charge in [-0.3, -0.25) is 0 Å². The SMILES string of the molecule is c1ccc(-c2ccccc2-n2c3ccccc3c3cccc(-n4c5cc([Si](c6ccccc6)(c6ccccc6)c6ccccc6)ccc5c5c(-c6ccccc6)cccc54)c32)cc1. The molecule has 2 aromatic heterocycles. The minimum atomic E-state index is -2.87. The number of hydrogen-bond acceptors (Lipinski definition) is 0. The lowest BCUT2D eigenvalue weighted by Gasteiger charge is -2.34. The van der Waals surface area contributed by atoms with Crippen molar-refractivity contribution < 1.29 is 0 Å². The van der Waals surface area contributed by atoms with Crippen molar-refractivity contribution in [2.45, 2.75) is 0 Å². The minimum absolute atomic E-state index is 1.14. The monoisotopic (exact) mass is 818 g/mol. The van der Waals surface area contributed by atoms with Crippen LogP contribution in [0.15, 0.2) is 255 Å². The molecule has 0 bridgehead atoms. The van der Waals surface area contributed by atoms with Crippen LogP contribution in [0.2, 0.25) is 0 Å². The molecule has 0 unspecified atom stereocenters. The second-order valence-electron chi connectivity index (χ2n) is 16.4. The Morgan fingerprint density at radius 2 is 0.746 bits per heavy atom. The highest BCUT2D eigenvalue weighted by Gasteiger charge is 2.41. The molecule has 0 radical (unpaired) electrons. The van der Waals surface area contributed by atoms with E-state index in [1.54, 1.807) is 0 Å². The van der Waals surface area contributed by atoms with Crippen molar-refractivity contribution in [2.24, 2.45) is 0 Å². The van der Waals surface area contributed by atoms with E-state index in [-0.39, 0.29) is 0 Å². The summed E-state index contributed by atoms with van der Waals surface area (Å²) in [5, 5.41) is 10.3. The summed E-state index contributed by atoms with van der Waals surface area (Å²) in [4.78, 5) is 0. The summed E-state index contributed by atoms with van der Waals surface area (Å²) in [5.41, 5.74) is 11.8. The Kier molecular flexibility index (Phi) is 8.87. The molecular weight excluding hydrogens is 777 g/mol. The number of fused-ring (bicyclic) bond motifs is 6. The van der Waals surface area contributed by atoms with E-state index < -0.39 is 8.07 Å². The van der Waals surface area contributed by atoms with Crippen LogP contribution >= 0.6 is 0 Å². The number of hydrogen-bond donors (Lipinski definition) is 0. The summed E-state index contributed by atoms with van der Waals surface area (Å²) in [6.07, 6.45) is 0. The Morgan fingerprint density at radius 1 is 0.270 bits per heavy atom. The highest BCUT2D eigenvalue weighted by atomic mass is 28.3. The van der Waals surface area contributed by atoms with Gasteiger partial charge in [-0.25, -0.2) is 0 Å². The molecule has 0 amide bonds. The maximum Gasteiger partial charge on any atom is 0.179 e. The molecule has 10 aromatic carbocycles. The van der Waals surface area contributed by atoms with Crippen molar-refractivity contribution in [3.05, 3.63) is 255 Å². The first-order chi connectivity index (χ1) is 31.3. The smallest absolute Gasteiger partial charge is 0.179 e. The molecule has 0 N–H and O–H groups in total. The average molecular weight is 819 g/mol.